The third-order valence-electron chi connectivity index (χ3n) is 2.73. The Morgan fingerprint density at radius 1 is 1.25 bits per heavy atom. The van der Waals surface area contributed by atoms with Crippen molar-refractivity contribution < 1.29 is 0 Å². The molecule has 0 saturated heterocycles. The van der Waals surface area contributed by atoms with Crippen LogP contribution in [0.15, 0.2) is 34.1 Å². The molecule has 1 aromatic carbocycles. The van der Waals surface area contributed by atoms with Crippen molar-refractivity contribution in [3.05, 3.63) is 39.1 Å². The molecule has 2 heterocycles. The van der Waals surface area contributed by atoms with Gasteiger partial charge in [-0.1, -0.05) is 11.6 Å². The number of hydrogen-bond acceptors (Lipinski definition) is 5. The lowest BCUT2D eigenvalue weighted by Gasteiger charge is -2.10. The van der Waals surface area contributed by atoms with E-state index in [1.807, 2.05) is 29.6 Å². The van der Waals surface area contributed by atoms with E-state index in [4.69, 9.17) is 11.6 Å². The van der Waals surface area contributed by atoms with Crippen molar-refractivity contribution in [1.82, 2.24) is 9.97 Å². The van der Waals surface area contributed by atoms with Crippen LogP contribution in [0.2, 0.25) is 5.02 Å². The smallest absolute Gasteiger partial charge is 0.225 e. The largest absolute Gasteiger partial charge is 0.357 e. The molecular formula is C13H10BrClN4S. The summed E-state index contributed by atoms with van der Waals surface area (Å²) >= 11 is 11.1. The molecule has 0 fully saturated rings. The standard InChI is InChI=1S/C13H10BrClN4S/c1-16-13-18-11(8-4-5-20-12(8)19-13)17-10-6-7(15)2-3-9(10)14/h2-6H,1H3,(H2,16,17,18,19). The summed E-state index contributed by atoms with van der Waals surface area (Å²) in [4.78, 5) is 9.82. The lowest BCUT2D eigenvalue weighted by molar-refractivity contribution is 1.20. The average molecular weight is 370 g/mol. The summed E-state index contributed by atoms with van der Waals surface area (Å²) < 4.78 is 0.926. The van der Waals surface area contributed by atoms with Gasteiger partial charge in [-0.3, -0.25) is 0 Å². The second-order valence-electron chi connectivity index (χ2n) is 4.03. The minimum absolute atomic E-state index is 0.584. The third-order valence-corrected chi connectivity index (χ3v) is 4.46. The second-order valence-corrected chi connectivity index (χ2v) is 6.22. The van der Waals surface area contributed by atoms with E-state index in [1.54, 1.807) is 18.4 Å². The van der Waals surface area contributed by atoms with Crippen LogP contribution in [0.3, 0.4) is 0 Å². The summed E-state index contributed by atoms with van der Waals surface area (Å²) in [6.07, 6.45) is 0. The van der Waals surface area contributed by atoms with Gasteiger partial charge >= 0.3 is 0 Å². The van der Waals surface area contributed by atoms with E-state index in [2.05, 4.69) is 36.5 Å². The number of benzene rings is 1. The number of nitrogens with one attached hydrogen (secondary N) is 2. The normalized spacial score (nSPS) is 10.8. The first-order valence-electron chi connectivity index (χ1n) is 5.82. The maximum atomic E-state index is 6.03. The van der Waals surface area contributed by atoms with Crippen LogP contribution in [0.1, 0.15) is 0 Å². The molecule has 0 unspecified atom stereocenters. The van der Waals surface area contributed by atoms with E-state index in [0.717, 1.165) is 26.2 Å². The number of hydrogen-bond donors (Lipinski definition) is 2. The van der Waals surface area contributed by atoms with Crippen molar-refractivity contribution in [1.29, 1.82) is 0 Å². The van der Waals surface area contributed by atoms with Crippen molar-refractivity contribution >= 4 is 66.5 Å². The molecule has 0 spiro atoms. The molecule has 0 saturated carbocycles. The molecule has 2 N–H and O–H groups in total. The number of aromatic nitrogens is 2. The van der Waals surface area contributed by atoms with Crippen molar-refractivity contribution in [3.8, 4) is 0 Å². The Bertz CT molecular complexity index is 774. The van der Waals surface area contributed by atoms with E-state index in [1.165, 1.54) is 0 Å². The van der Waals surface area contributed by atoms with Crippen molar-refractivity contribution in [2.24, 2.45) is 0 Å². The lowest BCUT2D eigenvalue weighted by atomic mass is 10.3. The third kappa shape index (κ3) is 2.59. The van der Waals surface area contributed by atoms with Crippen LogP contribution >= 0.6 is 38.9 Å². The van der Waals surface area contributed by atoms with Crippen LogP contribution in [0.5, 0.6) is 0 Å². The van der Waals surface area contributed by atoms with Crippen molar-refractivity contribution in [2.45, 2.75) is 0 Å². The zero-order valence-electron chi connectivity index (χ0n) is 10.4. The van der Waals surface area contributed by atoms with Gasteiger partial charge in [0.15, 0.2) is 0 Å². The van der Waals surface area contributed by atoms with E-state index in [0.29, 0.717) is 11.0 Å². The molecule has 0 aliphatic rings. The Kier molecular flexibility index (Phi) is 3.78. The van der Waals surface area contributed by atoms with Gasteiger partial charge in [-0.15, -0.1) is 11.3 Å². The molecule has 0 atom stereocenters. The van der Waals surface area contributed by atoms with Crippen LogP contribution in [0, 0.1) is 0 Å². The van der Waals surface area contributed by atoms with Crippen molar-refractivity contribution in [2.75, 3.05) is 17.7 Å². The van der Waals surface area contributed by atoms with E-state index in [9.17, 15) is 0 Å². The summed E-state index contributed by atoms with van der Waals surface area (Å²) in [6.45, 7) is 0. The molecule has 3 aromatic rings. The first-order chi connectivity index (χ1) is 9.67. The summed E-state index contributed by atoms with van der Waals surface area (Å²) in [6, 6.07) is 7.58. The van der Waals surface area contributed by atoms with Crippen LogP contribution < -0.4 is 10.6 Å². The Balaban J connectivity index is 2.09. The van der Waals surface area contributed by atoms with Gasteiger partial charge < -0.3 is 10.6 Å². The quantitative estimate of drug-likeness (QED) is 0.690. The Morgan fingerprint density at radius 3 is 2.90 bits per heavy atom. The lowest BCUT2D eigenvalue weighted by Crippen LogP contribution is -2.01. The molecule has 20 heavy (non-hydrogen) atoms. The fourth-order valence-electron chi connectivity index (χ4n) is 1.78. The average Bonchev–Trinajstić information content (AvgIpc) is 2.91. The molecule has 0 bridgehead atoms. The highest BCUT2D eigenvalue weighted by Gasteiger charge is 2.10. The maximum Gasteiger partial charge on any atom is 0.225 e. The molecule has 7 heteroatoms. The SMILES string of the molecule is CNc1nc(Nc2cc(Cl)ccc2Br)c2ccsc2n1. The minimum atomic E-state index is 0.584. The zero-order chi connectivity index (χ0) is 14.1. The molecule has 0 radical (unpaired) electrons. The maximum absolute atomic E-state index is 6.03. The van der Waals surface area contributed by atoms with Gasteiger partial charge in [0.2, 0.25) is 5.95 Å². The Hall–Kier alpha value is -1.37. The van der Waals surface area contributed by atoms with Crippen LogP contribution in [-0.2, 0) is 0 Å². The fourth-order valence-corrected chi connectivity index (χ4v) is 3.07. The number of halogens is 2. The summed E-state index contributed by atoms with van der Waals surface area (Å²) in [7, 11) is 1.80. The fraction of sp³-hybridized carbons (Fsp3) is 0.0769. The molecule has 0 aliphatic carbocycles. The van der Waals surface area contributed by atoms with Crippen LogP contribution in [0.25, 0.3) is 10.2 Å². The van der Waals surface area contributed by atoms with Gasteiger partial charge in [0.1, 0.15) is 10.6 Å². The highest BCUT2D eigenvalue weighted by Crippen LogP contribution is 2.32. The monoisotopic (exact) mass is 368 g/mol. The highest BCUT2D eigenvalue weighted by molar-refractivity contribution is 9.10. The minimum Gasteiger partial charge on any atom is -0.357 e. The molecule has 0 amide bonds. The number of rotatable bonds is 3. The number of nitrogens with zero attached hydrogens (tertiary/aromatic N) is 2. The molecule has 2 aromatic heterocycles. The highest BCUT2D eigenvalue weighted by atomic mass is 79.9. The summed E-state index contributed by atoms with van der Waals surface area (Å²) in [5.74, 6) is 1.34. The van der Waals surface area contributed by atoms with E-state index < -0.39 is 0 Å². The molecular weight excluding hydrogens is 360 g/mol. The van der Waals surface area contributed by atoms with Crippen molar-refractivity contribution in [3.63, 3.8) is 0 Å². The number of anilines is 3. The predicted octanol–water partition coefficient (Wildman–Crippen LogP) is 4.89. The van der Waals surface area contributed by atoms with Gasteiger partial charge in [-0.2, -0.15) is 4.98 Å². The first kappa shape index (κ1) is 13.6. The summed E-state index contributed by atoms with van der Waals surface area (Å²) in [5.41, 5.74) is 0.866. The Labute approximate surface area is 133 Å². The summed E-state index contributed by atoms with van der Waals surface area (Å²) in [5, 5.41) is 9.92. The second kappa shape index (κ2) is 5.55. The van der Waals surface area contributed by atoms with Gasteiger partial charge in [-0.05, 0) is 45.6 Å². The zero-order valence-corrected chi connectivity index (χ0v) is 13.6. The number of fused-ring (bicyclic) bond motifs is 1. The molecule has 3 rings (SSSR count). The van der Waals surface area contributed by atoms with Gasteiger partial charge in [0, 0.05) is 16.5 Å². The van der Waals surface area contributed by atoms with E-state index in [-0.39, 0.29) is 0 Å². The molecule has 0 aliphatic heterocycles. The van der Waals surface area contributed by atoms with Crippen LogP contribution in [0.4, 0.5) is 17.5 Å². The van der Waals surface area contributed by atoms with Gasteiger partial charge in [0.05, 0.1) is 11.1 Å². The molecule has 102 valence electrons. The van der Waals surface area contributed by atoms with E-state index >= 15 is 0 Å². The topological polar surface area (TPSA) is 49.8 Å². The first-order valence-corrected chi connectivity index (χ1v) is 7.87. The Morgan fingerprint density at radius 2 is 2.10 bits per heavy atom. The van der Waals surface area contributed by atoms with Gasteiger partial charge in [-0.25, -0.2) is 4.98 Å². The van der Waals surface area contributed by atoms with Crippen LogP contribution in [-0.4, -0.2) is 17.0 Å². The number of thiophene rings is 1. The molecule has 4 nitrogen and oxygen atoms in total. The van der Waals surface area contributed by atoms with Gasteiger partial charge in [0.25, 0.3) is 0 Å². The predicted molar refractivity (Wildman–Crippen MR) is 89.4 cm³/mol.